The third-order valence-corrected chi connectivity index (χ3v) is 5.00. The van der Waals surface area contributed by atoms with E-state index < -0.39 is 5.97 Å². The van der Waals surface area contributed by atoms with Gasteiger partial charge in [0.2, 0.25) is 12.2 Å². The van der Waals surface area contributed by atoms with Crippen LogP contribution in [0.1, 0.15) is 34.1 Å². The molecule has 0 spiro atoms. The maximum Gasteiger partial charge on any atom is 0.337 e. The summed E-state index contributed by atoms with van der Waals surface area (Å²) in [4.78, 5) is 16.3. The van der Waals surface area contributed by atoms with Gasteiger partial charge in [0, 0.05) is 16.8 Å². The molecule has 0 unspecified atom stereocenters. The molecular weight excluding hydrogens is 380 g/mol. The summed E-state index contributed by atoms with van der Waals surface area (Å²) in [6.07, 6.45) is 2.11. The Morgan fingerprint density at radius 3 is 2.57 bits per heavy atom. The van der Waals surface area contributed by atoms with Crippen LogP contribution in [0.25, 0.3) is 22.6 Å². The Bertz CT molecular complexity index is 1160. The Hall–Kier alpha value is -3.74. The van der Waals surface area contributed by atoms with Gasteiger partial charge in [0.1, 0.15) is 0 Å². The van der Waals surface area contributed by atoms with Gasteiger partial charge in [-0.05, 0) is 43.2 Å². The molecule has 0 amide bonds. The van der Waals surface area contributed by atoms with Crippen LogP contribution in [-0.4, -0.2) is 33.0 Å². The second-order valence-corrected chi connectivity index (χ2v) is 7.02. The highest BCUT2D eigenvalue weighted by molar-refractivity contribution is 5.93. The first-order valence-electron chi connectivity index (χ1n) is 9.70. The molecule has 0 aliphatic carbocycles. The summed E-state index contributed by atoms with van der Waals surface area (Å²) in [6, 6.07) is 15.7. The maximum absolute atomic E-state index is 12.1. The topological polar surface area (TPSA) is 83.0 Å². The molecule has 2 aromatic carbocycles. The van der Waals surface area contributed by atoms with E-state index in [9.17, 15) is 4.79 Å². The average Bonchev–Trinajstić information content (AvgIpc) is 3.44. The fourth-order valence-corrected chi connectivity index (χ4v) is 3.36. The minimum Gasteiger partial charge on any atom is -0.465 e. The van der Waals surface area contributed by atoms with Crippen LogP contribution < -0.4 is 0 Å². The summed E-state index contributed by atoms with van der Waals surface area (Å²) in [7, 11) is 1.36. The smallest absolute Gasteiger partial charge is 0.337 e. The summed E-state index contributed by atoms with van der Waals surface area (Å²) in [5, 5.41) is 8.80. The lowest BCUT2D eigenvalue weighted by Gasteiger charge is -2.08. The Labute approximate surface area is 174 Å². The van der Waals surface area contributed by atoms with Gasteiger partial charge in [-0.15, -0.1) is 0 Å². The van der Waals surface area contributed by atoms with Gasteiger partial charge in [-0.2, -0.15) is 10.1 Å². The van der Waals surface area contributed by atoms with Gasteiger partial charge in [-0.25, -0.2) is 4.79 Å². The zero-order chi connectivity index (χ0) is 21.1. The third kappa shape index (κ3) is 3.87. The number of nitrogens with zero attached hydrogens (tertiary/aromatic N) is 4. The first-order valence-corrected chi connectivity index (χ1v) is 9.70. The van der Waals surface area contributed by atoms with E-state index in [0.29, 0.717) is 17.9 Å². The minimum absolute atomic E-state index is 0.411. The number of rotatable bonds is 6. The molecule has 0 saturated heterocycles. The fraction of sp³-hybridized carbons (Fsp3) is 0.217. The predicted octanol–water partition coefficient (Wildman–Crippen LogP) is 4.31. The largest absolute Gasteiger partial charge is 0.465 e. The molecule has 2 heterocycles. The van der Waals surface area contributed by atoms with Crippen molar-refractivity contribution in [1.29, 1.82) is 0 Å². The number of benzene rings is 2. The van der Waals surface area contributed by atoms with E-state index >= 15 is 0 Å². The van der Waals surface area contributed by atoms with E-state index in [-0.39, 0.29) is 0 Å². The van der Waals surface area contributed by atoms with Gasteiger partial charge in [-0.1, -0.05) is 41.9 Å². The fourth-order valence-electron chi connectivity index (χ4n) is 3.36. The summed E-state index contributed by atoms with van der Waals surface area (Å²) in [5.74, 6) is 0.0262. The molecule has 2 aromatic heterocycles. The molecule has 0 fully saturated rings. The van der Waals surface area contributed by atoms with Crippen LogP contribution in [-0.2, 0) is 17.7 Å². The Morgan fingerprint density at radius 1 is 1.10 bits per heavy atom. The molecule has 0 N–H and O–H groups in total. The van der Waals surface area contributed by atoms with Crippen LogP contribution in [0.15, 0.2) is 59.4 Å². The first kappa shape index (κ1) is 19.6. The van der Waals surface area contributed by atoms with Gasteiger partial charge < -0.3 is 9.26 Å². The molecule has 0 aliphatic rings. The number of aryl methyl sites for hydroxylation is 2. The molecule has 0 radical (unpaired) electrons. The molecular formula is C23H22N4O3. The predicted molar refractivity (Wildman–Crippen MR) is 112 cm³/mol. The van der Waals surface area contributed by atoms with Gasteiger partial charge in [0.25, 0.3) is 0 Å². The van der Waals surface area contributed by atoms with E-state index in [1.54, 1.807) is 18.2 Å². The van der Waals surface area contributed by atoms with Crippen LogP contribution in [0.3, 0.4) is 0 Å². The lowest BCUT2D eigenvalue weighted by atomic mass is 10.0. The van der Waals surface area contributed by atoms with E-state index in [1.807, 2.05) is 10.7 Å². The summed E-state index contributed by atoms with van der Waals surface area (Å²) in [6.45, 7) is 4.83. The molecule has 30 heavy (non-hydrogen) atoms. The summed E-state index contributed by atoms with van der Waals surface area (Å²) < 4.78 is 11.8. The highest BCUT2D eigenvalue weighted by atomic mass is 16.5. The highest BCUT2D eigenvalue weighted by Crippen LogP contribution is 2.31. The number of esters is 1. The lowest BCUT2D eigenvalue weighted by molar-refractivity contribution is 0.0601. The summed E-state index contributed by atoms with van der Waals surface area (Å²) >= 11 is 0. The molecule has 152 valence electrons. The zero-order valence-electron chi connectivity index (χ0n) is 17.1. The van der Waals surface area contributed by atoms with Crippen molar-refractivity contribution in [2.24, 2.45) is 0 Å². The van der Waals surface area contributed by atoms with Gasteiger partial charge in [0.15, 0.2) is 0 Å². The van der Waals surface area contributed by atoms with E-state index in [2.05, 4.69) is 48.3 Å². The van der Waals surface area contributed by atoms with Crippen LogP contribution in [0.2, 0.25) is 0 Å². The van der Waals surface area contributed by atoms with Crippen LogP contribution in [0.4, 0.5) is 0 Å². The molecule has 0 bridgehead atoms. The lowest BCUT2D eigenvalue weighted by Crippen LogP contribution is -2.06. The monoisotopic (exact) mass is 402 g/mol. The van der Waals surface area contributed by atoms with Crippen molar-refractivity contribution in [2.45, 2.75) is 26.8 Å². The average molecular weight is 402 g/mol. The van der Waals surface area contributed by atoms with Crippen molar-refractivity contribution in [2.75, 3.05) is 7.11 Å². The van der Waals surface area contributed by atoms with Gasteiger partial charge >= 0.3 is 5.97 Å². The number of carbonyl (C=O) groups is 1. The Balaban J connectivity index is 1.79. The van der Waals surface area contributed by atoms with Gasteiger partial charge in [-0.3, -0.25) is 4.68 Å². The van der Waals surface area contributed by atoms with Crippen molar-refractivity contribution in [3.05, 3.63) is 77.3 Å². The molecule has 0 saturated carbocycles. The SMILES string of the molecule is CCc1cc(-c2cc(C(=O)OC)ccc2-c2ncon2)nn1Cc1ccc(C)cc1. The molecule has 4 rings (SSSR count). The van der Waals surface area contributed by atoms with E-state index in [0.717, 1.165) is 28.9 Å². The molecule has 0 aliphatic heterocycles. The second-order valence-electron chi connectivity index (χ2n) is 7.02. The quantitative estimate of drug-likeness (QED) is 0.447. The normalized spacial score (nSPS) is 10.9. The molecule has 0 atom stereocenters. The van der Waals surface area contributed by atoms with Crippen LogP contribution in [0.5, 0.6) is 0 Å². The number of hydrogen-bond acceptors (Lipinski definition) is 6. The molecule has 7 heteroatoms. The van der Waals surface area contributed by atoms with E-state index in [1.165, 1.54) is 24.6 Å². The Kier molecular flexibility index (Phi) is 5.43. The van der Waals surface area contributed by atoms with Crippen molar-refractivity contribution in [3.63, 3.8) is 0 Å². The van der Waals surface area contributed by atoms with Gasteiger partial charge in [0.05, 0.1) is 24.9 Å². The molecule has 4 aromatic rings. The standard InChI is InChI=1S/C23H22N4O3/c1-4-18-12-21(25-27(18)13-16-7-5-15(2)6-8-16)20-11-17(23(28)29-3)9-10-19(20)22-24-14-30-26-22/h5-12,14H,4,13H2,1-3H3. The highest BCUT2D eigenvalue weighted by Gasteiger charge is 2.18. The number of aromatic nitrogens is 4. The third-order valence-electron chi connectivity index (χ3n) is 5.00. The number of ether oxygens (including phenoxy) is 1. The number of carbonyl (C=O) groups excluding carboxylic acids is 1. The zero-order valence-corrected chi connectivity index (χ0v) is 17.1. The van der Waals surface area contributed by atoms with Crippen molar-refractivity contribution >= 4 is 5.97 Å². The van der Waals surface area contributed by atoms with E-state index in [4.69, 9.17) is 14.4 Å². The molecule has 7 nitrogen and oxygen atoms in total. The second kappa shape index (κ2) is 8.32. The maximum atomic E-state index is 12.1. The number of methoxy groups -OCH3 is 1. The number of hydrogen-bond donors (Lipinski definition) is 0. The Morgan fingerprint density at radius 2 is 1.90 bits per heavy atom. The van der Waals surface area contributed by atoms with Crippen LogP contribution in [0, 0.1) is 6.92 Å². The van der Waals surface area contributed by atoms with Crippen LogP contribution >= 0.6 is 0 Å². The van der Waals surface area contributed by atoms with Crippen molar-refractivity contribution in [1.82, 2.24) is 19.9 Å². The van der Waals surface area contributed by atoms with Crippen molar-refractivity contribution < 1.29 is 14.1 Å². The summed E-state index contributed by atoms with van der Waals surface area (Å²) in [5.41, 5.74) is 6.14. The van der Waals surface area contributed by atoms with Crippen molar-refractivity contribution in [3.8, 4) is 22.6 Å². The first-order chi connectivity index (χ1) is 14.6. The minimum atomic E-state index is -0.411.